The Hall–Kier alpha value is -1.79. The summed E-state index contributed by atoms with van der Waals surface area (Å²) < 4.78 is 17.2. The van der Waals surface area contributed by atoms with E-state index in [0.717, 1.165) is 56.3 Å². The van der Waals surface area contributed by atoms with Gasteiger partial charge in [-0.2, -0.15) is 0 Å². The molecule has 2 fully saturated rings. The molecule has 1 aliphatic carbocycles. The third kappa shape index (κ3) is 6.61. The van der Waals surface area contributed by atoms with Gasteiger partial charge in [0.05, 0.1) is 6.10 Å². The summed E-state index contributed by atoms with van der Waals surface area (Å²) in [6, 6.07) is 6.38. The van der Waals surface area contributed by atoms with Crippen molar-refractivity contribution >= 4 is 5.96 Å². The van der Waals surface area contributed by atoms with Crippen molar-refractivity contribution in [2.75, 3.05) is 40.5 Å². The summed E-state index contributed by atoms with van der Waals surface area (Å²) in [5, 5.41) is 7.03. The lowest BCUT2D eigenvalue weighted by Gasteiger charge is -2.30. The normalized spacial score (nSPS) is 21.0. The number of nitrogens with one attached hydrogen (secondary N) is 2. The van der Waals surface area contributed by atoms with E-state index in [-0.39, 0.29) is 6.10 Å². The van der Waals surface area contributed by atoms with Gasteiger partial charge in [0.2, 0.25) is 0 Å². The van der Waals surface area contributed by atoms with Crippen LogP contribution in [0.25, 0.3) is 0 Å². The summed E-state index contributed by atoms with van der Waals surface area (Å²) in [5.74, 6) is 1.77. The van der Waals surface area contributed by atoms with Gasteiger partial charge in [-0.3, -0.25) is 4.99 Å². The molecule has 1 unspecified atom stereocenters. The standard InChI is InChI=1S/C24H39N3O3/c1-19-8-9-20(22(15-19)30-17-21-7-6-13-29-21)16-26-23(25-2)27-18-24(12-14-28-3)10-4-5-11-24/h8-9,15,21H,4-7,10-14,16-18H2,1-3H3,(H2,25,26,27). The summed E-state index contributed by atoms with van der Waals surface area (Å²) in [5.41, 5.74) is 2.66. The molecule has 2 aliphatic rings. The molecule has 6 heteroatoms. The van der Waals surface area contributed by atoms with Gasteiger partial charge >= 0.3 is 0 Å². The molecule has 6 nitrogen and oxygen atoms in total. The zero-order valence-corrected chi connectivity index (χ0v) is 19.0. The van der Waals surface area contributed by atoms with E-state index < -0.39 is 0 Å². The van der Waals surface area contributed by atoms with Crippen molar-refractivity contribution in [2.45, 2.75) is 64.5 Å². The van der Waals surface area contributed by atoms with Crippen molar-refractivity contribution in [1.29, 1.82) is 0 Å². The maximum absolute atomic E-state index is 6.13. The zero-order valence-electron chi connectivity index (χ0n) is 19.0. The van der Waals surface area contributed by atoms with Gasteiger partial charge in [-0.15, -0.1) is 0 Å². The Morgan fingerprint density at radius 2 is 2.07 bits per heavy atom. The third-order valence-electron chi connectivity index (χ3n) is 6.47. The lowest BCUT2D eigenvalue weighted by molar-refractivity contribution is 0.0676. The highest BCUT2D eigenvalue weighted by Gasteiger charge is 2.33. The zero-order chi connectivity index (χ0) is 21.2. The van der Waals surface area contributed by atoms with E-state index in [1.165, 1.54) is 31.2 Å². The van der Waals surface area contributed by atoms with Crippen molar-refractivity contribution in [3.8, 4) is 5.75 Å². The second kappa shape index (κ2) is 11.6. The van der Waals surface area contributed by atoms with Gasteiger partial charge in [0.15, 0.2) is 5.96 Å². The van der Waals surface area contributed by atoms with E-state index in [9.17, 15) is 0 Å². The number of aryl methyl sites for hydroxylation is 1. The Morgan fingerprint density at radius 1 is 1.23 bits per heavy atom. The minimum absolute atomic E-state index is 0.218. The number of ether oxygens (including phenoxy) is 3. The van der Waals surface area contributed by atoms with E-state index >= 15 is 0 Å². The second-order valence-electron chi connectivity index (χ2n) is 8.79. The van der Waals surface area contributed by atoms with Crippen LogP contribution in [0.2, 0.25) is 0 Å². The largest absolute Gasteiger partial charge is 0.491 e. The monoisotopic (exact) mass is 417 g/mol. The molecule has 0 radical (unpaired) electrons. The lowest BCUT2D eigenvalue weighted by atomic mass is 9.83. The predicted molar refractivity (Wildman–Crippen MR) is 121 cm³/mol. The molecular formula is C24H39N3O3. The van der Waals surface area contributed by atoms with Crippen LogP contribution in [0.15, 0.2) is 23.2 Å². The number of hydrogen-bond donors (Lipinski definition) is 2. The Morgan fingerprint density at radius 3 is 2.77 bits per heavy atom. The van der Waals surface area contributed by atoms with Crippen molar-refractivity contribution < 1.29 is 14.2 Å². The summed E-state index contributed by atoms with van der Waals surface area (Å²) in [6.07, 6.45) is 8.69. The number of guanidine groups is 1. The van der Waals surface area contributed by atoms with Crippen LogP contribution in [-0.4, -0.2) is 52.6 Å². The van der Waals surface area contributed by atoms with Gasteiger partial charge in [0.25, 0.3) is 0 Å². The first-order valence-electron chi connectivity index (χ1n) is 11.4. The summed E-state index contributed by atoms with van der Waals surface area (Å²) in [7, 11) is 3.62. The van der Waals surface area contributed by atoms with Crippen molar-refractivity contribution in [3.05, 3.63) is 29.3 Å². The van der Waals surface area contributed by atoms with Crippen LogP contribution in [-0.2, 0) is 16.0 Å². The molecule has 1 saturated heterocycles. The first kappa shape index (κ1) is 22.9. The molecule has 30 heavy (non-hydrogen) atoms. The van der Waals surface area contributed by atoms with Crippen molar-refractivity contribution in [3.63, 3.8) is 0 Å². The third-order valence-corrected chi connectivity index (χ3v) is 6.47. The fourth-order valence-corrected chi connectivity index (χ4v) is 4.53. The lowest BCUT2D eigenvalue weighted by Crippen LogP contribution is -2.43. The van der Waals surface area contributed by atoms with E-state index in [1.807, 2.05) is 7.05 Å². The van der Waals surface area contributed by atoms with Crippen molar-refractivity contribution in [1.82, 2.24) is 10.6 Å². The van der Waals surface area contributed by atoms with Crippen LogP contribution in [0, 0.1) is 12.3 Å². The first-order chi connectivity index (χ1) is 14.6. The van der Waals surface area contributed by atoms with Gasteiger partial charge in [-0.05, 0) is 56.1 Å². The molecule has 0 amide bonds. The Labute approximate surface area is 181 Å². The highest BCUT2D eigenvalue weighted by atomic mass is 16.5. The number of hydrogen-bond acceptors (Lipinski definition) is 4. The fraction of sp³-hybridized carbons (Fsp3) is 0.708. The molecule has 0 bridgehead atoms. The summed E-state index contributed by atoms with van der Waals surface area (Å²) in [6.45, 7) is 5.99. The van der Waals surface area contributed by atoms with Gasteiger partial charge in [0.1, 0.15) is 12.4 Å². The number of nitrogens with zero attached hydrogens (tertiary/aromatic N) is 1. The average Bonchev–Trinajstić information content (AvgIpc) is 3.44. The van der Waals surface area contributed by atoms with Gasteiger partial charge < -0.3 is 24.8 Å². The Balaban J connectivity index is 1.53. The molecule has 1 aromatic rings. The van der Waals surface area contributed by atoms with Crippen LogP contribution in [0.4, 0.5) is 0 Å². The molecule has 1 atom stereocenters. The van der Waals surface area contributed by atoms with E-state index in [4.69, 9.17) is 14.2 Å². The van der Waals surface area contributed by atoms with Gasteiger partial charge in [-0.25, -0.2) is 0 Å². The maximum Gasteiger partial charge on any atom is 0.191 e. The smallest absolute Gasteiger partial charge is 0.191 e. The topological polar surface area (TPSA) is 64.1 Å². The molecule has 0 aromatic heterocycles. The van der Waals surface area contributed by atoms with E-state index in [2.05, 4.69) is 40.7 Å². The summed E-state index contributed by atoms with van der Waals surface area (Å²) in [4.78, 5) is 4.43. The van der Waals surface area contributed by atoms with Crippen LogP contribution >= 0.6 is 0 Å². The second-order valence-corrected chi connectivity index (χ2v) is 8.79. The van der Waals surface area contributed by atoms with Gasteiger partial charge in [-0.1, -0.05) is 25.0 Å². The van der Waals surface area contributed by atoms with Crippen LogP contribution in [0.3, 0.4) is 0 Å². The Kier molecular flexibility index (Phi) is 8.82. The molecule has 2 N–H and O–H groups in total. The average molecular weight is 418 g/mol. The fourth-order valence-electron chi connectivity index (χ4n) is 4.53. The SMILES string of the molecule is CN=C(NCc1ccc(C)cc1OCC1CCCO1)NCC1(CCOC)CCCC1. The predicted octanol–water partition coefficient (Wildman–Crippen LogP) is 3.81. The number of benzene rings is 1. The van der Waals surface area contributed by atoms with Gasteiger partial charge in [0, 0.05) is 46.0 Å². The maximum atomic E-state index is 6.13. The minimum Gasteiger partial charge on any atom is -0.491 e. The molecule has 3 rings (SSSR count). The molecular weight excluding hydrogens is 378 g/mol. The van der Waals surface area contributed by atoms with E-state index in [0.29, 0.717) is 18.6 Å². The quantitative estimate of drug-likeness (QED) is 0.448. The summed E-state index contributed by atoms with van der Waals surface area (Å²) >= 11 is 0. The highest BCUT2D eigenvalue weighted by molar-refractivity contribution is 5.79. The van der Waals surface area contributed by atoms with Crippen LogP contribution < -0.4 is 15.4 Å². The highest BCUT2D eigenvalue weighted by Crippen LogP contribution is 2.40. The van der Waals surface area contributed by atoms with Crippen LogP contribution in [0.5, 0.6) is 5.75 Å². The molecule has 1 heterocycles. The minimum atomic E-state index is 0.218. The van der Waals surface area contributed by atoms with E-state index in [1.54, 1.807) is 7.11 Å². The molecule has 1 saturated carbocycles. The Bertz CT molecular complexity index is 680. The number of aliphatic imine (C=N–C) groups is 1. The first-order valence-corrected chi connectivity index (χ1v) is 11.4. The van der Waals surface area contributed by atoms with Crippen molar-refractivity contribution in [2.24, 2.45) is 10.4 Å². The van der Waals surface area contributed by atoms with Crippen LogP contribution in [0.1, 0.15) is 56.1 Å². The number of rotatable bonds is 10. The number of methoxy groups -OCH3 is 1. The molecule has 168 valence electrons. The molecule has 0 spiro atoms. The molecule has 1 aromatic carbocycles. The molecule has 1 aliphatic heterocycles.